The molecule has 0 aliphatic rings. The second-order valence-corrected chi connectivity index (χ2v) is 9.41. The number of carboxylic acid groups (broad SMARTS) is 1. The first-order valence-electron chi connectivity index (χ1n) is 13.6. The van der Waals surface area contributed by atoms with Crippen LogP contribution >= 0.6 is 0 Å². The molecule has 3 rings (SSSR count). The number of carbonyl (C=O) groups is 6. The van der Waals surface area contributed by atoms with Crippen LogP contribution in [0, 0.1) is 0 Å². The normalized spacial score (nSPS) is 11.7. The summed E-state index contributed by atoms with van der Waals surface area (Å²) in [4.78, 5) is 75.2. The summed E-state index contributed by atoms with van der Waals surface area (Å²) in [6.07, 6.45) is -4.05. The Labute approximate surface area is 263 Å². The number of rotatable bonds is 13. The van der Waals surface area contributed by atoms with Crippen molar-refractivity contribution in [3.63, 3.8) is 0 Å². The first-order chi connectivity index (χ1) is 21.9. The number of carboxylic acids is 1. The van der Waals surface area contributed by atoms with Crippen LogP contribution in [0.5, 0.6) is 23.0 Å². The quantitative estimate of drug-likeness (QED) is 0.204. The minimum atomic E-state index is -2.34. The van der Waals surface area contributed by atoms with E-state index in [-0.39, 0.29) is 34.1 Å². The Morgan fingerprint density at radius 1 is 0.696 bits per heavy atom. The fourth-order valence-corrected chi connectivity index (χ4v) is 4.08. The summed E-state index contributed by atoms with van der Waals surface area (Å²) >= 11 is 0. The molecule has 0 fully saturated rings. The molecule has 0 spiro atoms. The summed E-state index contributed by atoms with van der Waals surface area (Å²) in [6, 6.07) is 13.8. The lowest BCUT2D eigenvalue weighted by Crippen LogP contribution is -2.48. The maximum atomic E-state index is 13.6. The van der Waals surface area contributed by atoms with E-state index in [0.717, 1.165) is 19.1 Å². The number of methoxy groups -OCH3 is 2. The Morgan fingerprint density at radius 3 is 1.61 bits per heavy atom. The number of carbonyl (C=O) groups excluding carboxylic acids is 5. The first kappa shape index (κ1) is 34.6. The lowest BCUT2D eigenvalue weighted by atomic mass is 10.1. The number of anilines is 1. The van der Waals surface area contributed by atoms with Crippen molar-refractivity contribution in [3.05, 3.63) is 77.4 Å². The second kappa shape index (κ2) is 15.7. The number of esters is 4. The van der Waals surface area contributed by atoms with Gasteiger partial charge in [0.1, 0.15) is 0 Å². The van der Waals surface area contributed by atoms with Crippen molar-refractivity contribution in [2.24, 2.45) is 0 Å². The molecule has 3 aromatic carbocycles. The largest absolute Gasteiger partial charge is 0.493 e. The minimum absolute atomic E-state index is 0.00972. The van der Waals surface area contributed by atoms with Crippen LogP contribution < -0.4 is 24.3 Å². The van der Waals surface area contributed by atoms with Crippen LogP contribution in [0.25, 0.3) is 0 Å². The van der Waals surface area contributed by atoms with E-state index in [1.165, 1.54) is 45.4 Å². The molecular weight excluding hydrogens is 606 g/mol. The topological polar surface area (TPSA) is 190 Å². The third-order valence-electron chi connectivity index (χ3n) is 6.21. The maximum absolute atomic E-state index is 13.6. The smallest absolute Gasteiger partial charge is 0.349 e. The molecule has 0 bridgehead atoms. The van der Waals surface area contributed by atoms with E-state index in [1.807, 2.05) is 6.92 Å². The number of ether oxygens (including phenoxy) is 6. The predicted octanol–water partition coefficient (Wildman–Crippen LogP) is 3.59. The fourth-order valence-electron chi connectivity index (χ4n) is 4.08. The summed E-state index contributed by atoms with van der Waals surface area (Å²) in [5.74, 6) is -6.74. The molecule has 1 amide bonds. The third kappa shape index (κ3) is 8.81. The number of benzene rings is 3. The monoisotopic (exact) mass is 637 g/mol. The van der Waals surface area contributed by atoms with Crippen LogP contribution in [0.2, 0.25) is 0 Å². The fraction of sp³-hybridized carbons (Fsp3) is 0.250. The maximum Gasteiger partial charge on any atom is 0.349 e. The van der Waals surface area contributed by atoms with Gasteiger partial charge in [-0.1, -0.05) is 25.1 Å². The summed E-state index contributed by atoms with van der Waals surface area (Å²) in [6.45, 7) is 4.16. The molecule has 2 atom stereocenters. The van der Waals surface area contributed by atoms with Crippen molar-refractivity contribution < 1.29 is 62.3 Å². The number of hydrogen-bond acceptors (Lipinski definition) is 12. The standard InChI is InChI=1S/C32H31NO13/c1-6-19-9-7-8-10-22(19)33-29(36)27(45-31(39)20-11-13-23(43-17(2)34)25(15-20)41-4)28(30(37)38)46-32(40)21-12-14-24(44-18(3)35)26(16-21)42-5/h7-16,27-28H,6H2,1-5H3,(H,33,36)(H,37,38)/t27-,28-/m1/s1. The number of nitrogens with one attached hydrogen (secondary N) is 1. The van der Waals surface area contributed by atoms with Gasteiger partial charge >= 0.3 is 29.8 Å². The molecule has 14 nitrogen and oxygen atoms in total. The van der Waals surface area contributed by atoms with Gasteiger partial charge in [0.25, 0.3) is 5.91 Å². The molecule has 14 heteroatoms. The summed E-state index contributed by atoms with van der Waals surface area (Å²) in [7, 11) is 2.51. The van der Waals surface area contributed by atoms with Gasteiger partial charge in [-0.25, -0.2) is 14.4 Å². The third-order valence-corrected chi connectivity index (χ3v) is 6.21. The van der Waals surface area contributed by atoms with Crippen LogP contribution in [0.1, 0.15) is 47.1 Å². The molecule has 0 aliphatic carbocycles. The Hall–Kier alpha value is -5.92. The zero-order valence-electron chi connectivity index (χ0n) is 25.5. The molecule has 0 unspecified atom stereocenters. The highest BCUT2D eigenvalue weighted by molar-refractivity contribution is 6.02. The Balaban J connectivity index is 1.99. The first-order valence-corrected chi connectivity index (χ1v) is 13.6. The van der Waals surface area contributed by atoms with Gasteiger partial charge in [-0.2, -0.15) is 0 Å². The van der Waals surface area contributed by atoms with Gasteiger partial charge in [0, 0.05) is 19.5 Å². The van der Waals surface area contributed by atoms with Crippen molar-refractivity contribution >= 4 is 41.4 Å². The van der Waals surface area contributed by atoms with E-state index in [4.69, 9.17) is 28.4 Å². The van der Waals surface area contributed by atoms with Crippen LogP contribution in [0.15, 0.2) is 60.7 Å². The van der Waals surface area contributed by atoms with Gasteiger partial charge in [-0.3, -0.25) is 14.4 Å². The van der Waals surface area contributed by atoms with Crippen molar-refractivity contribution in [2.45, 2.75) is 39.4 Å². The van der Waals surface area contributed by atoms with Crippen LogP contribution in [-0.4, -0.2) is 67.3 Å². The lowest BCUT2D eigenvalue weighted by Gasteiger charge is -2.24. The zero-order chi connectivity index (χ0) is 34.0. The predicted molar refractivity (Wildman–Crippen MR) is 159 cm³/mol. The molecule has 0 aliphatic heterocycles. The molecule has 0 saturated carbocycles. The lowest BCUT2D eigenvalue weighted by molar-refractivity contribution is -0.157. The van der Waals surface area contributed by atoms with E-state index < -0.39 is 48.0 Å². The zero-order valence-corrected chi connectivity index (χ0v) is 25.5. The molecule has 2 N–H and O–H groups in total. The Bertz CT molecular complexity index is 1650. The van der Waals surface area contributed by atoms with Gasteiger partial charge in [0.05, 0.1) is 25.3 Å². The van der Waals surface area contributed by atoms with Crippen LogP contribution in [-0.2, 0) is 35.1 Å². The van der Waals surface area contributed by atoms with E-state index in [0.29, 0.717) is 17.7 Å². The highest BCUT2D eigenvalue weighted by Gasteiger charge is 2.41. The summed E-state index contributed by atoms with van der Waals surface area (Å²) in [5.41, 5.74) is 0.563. The van der Waals surface area contributed by atoms with Gasteiger partial charge in [0.2, 0.25) is 12.2 Å². The molecule has 0 aromatic heterocycles. The van der Waals surface area contributed by atoms with Crippen molar-refractivity contribution in [1.29, 1.82) is 0 Å². The highest BCUT2D eigenvalue weighted by Crippen LogP contribution is 2.30. The number of hydrogen-bond donors (Lipinski definition) is 2. The van der Waals surface area contributed by atoms with Crippen molar-refractivity contribution in [1.82, 2.24) is 0 Å². The Morgan fingerprint density at radius 2 is 1.17 bits per heavy atom. The van der Waals surface area contributed by atoms with Crippen molar-refractivity contribution in [2.75, 3.05) is 19.5 Å². The Kier molecular flexibility index (Phi) is 11.8. The minimum Gasteiger partial charge on any atom is -0.493 e. The van der Waals surface area contributed by atoms with Crippen LogP contribution in [0.3, 0.4) is 0 Å². The highest BCUT2D eigenvalue weighted by atomic mass is 16.6. The van der Waals surface area contributed by atoms with E-state index in [1.54, 1.807) is 24.3 Å². The summed E-state index contributed by atoms with van der Waals surface area (Å²) in [5, 5.41) is 12.6. The molecule has 3 aromatic rings. The number of aliphatic carboxylic acids is 1. The SMILES string of the molecule is CCc1ccccc1NC(=O)[C@H](OC(=O)c1ccc(OC(C)=O)c(OC)c1)[C@@H](OC(=O)c1ccc(OC(C)=O)c(OC)c1)C(=O)O. The number of aryl methyl sites for hydroxylation is 1. The molecule has 46 heavy (non-hydrogen) atoms. The van der Waals surface area contributed by atoms with E-state index in [9.17, 15) is 33.9 Å². The number of amides is 1. The summed E-state index contributed by atoms with van der Waals surface area (Å²) < 4.78 is 30.9. The second-order valence-electron chi connectivity index (χ2n) is 9.41. The molecule has 242 valence electrons. The average Bonchev–Trinajstić information content (AvgIpc) is 3.02. The van der Waals surface area contributed by atoms with Crippen LogP contribution in [0.4, 0.5) is 5.69 Å². The van der Waals surface area contributed by atoms with E-state index in [2.05, 4.69) is 5.32 Å². The van der Waals surface area contributed by atoms with Gasteiger partial charge in [0.15, 0.2) is 23.0 Å². The van der Waals surface area contributed by atoms with Crippen molar-refractivity contribution in [3.8, 4) is 23.0 Å². The van der Waals surface area contributed by atoms with Gasteiger partial charge < -0.3 is 38.8 Å². The number of para-hydroxylation sites is 1. The van der Waals surface area contributed by atoms with Gasteiger partial charge in [-0.15, -0.1) is 0 Å². The molecular formula is C32H31NO13. The average molecular weight is 638 g/mol. The van der Waals surface area contributed by atoms with E-state index >= 15 is 0 Å². The molecule has 0 heterocycles. The van der Waals surface area contributed by atoms with Gasteiger partial charge in [-0.05, 0) is 54.4 Å². The molecule has 0 radical (unpaired) electrons. The molecule has 0 saturated heterocycles.